The molecule has 4 heterocycles. The van der Waals surface area contributed by atoms with Crippen LogP contribution in [0.4, 0.5) is 35.6 Å². The van der Waals surface area contributed by atoms with Gasteiger partial charge in [0.15, 0.2) is 17.5 Å². The fourth-order valence-corrected chi connectivity index (χ4v) is 3.96. The van der Waals surface area contributed by atoms with Crippen molar-refractivity contribution in [2.75, 3.05) is 47.8 Å². The number of carbonyl (C=O) groups excluding carboxylic acids is 2. The Morgan fingerprint density at radius 1 is 1.23 bits per heavy atom. The number of urea groups is 1. The Kier molecular flexibility index (Phi) is 6.13. The number of aromatic nitrogens is 4. The molecule has 2 aliphatic rings. The van der Waals surface area contributed by atoms with E-state index < -0.39 is 29.9 Å². The van der Waals surface area contributed by atoms with Crippen molar-refractivity contribution < 1.29 is 27.6 Å². The van der Waals surface area contributed by atoms with E-state index in [2.05, 4.69) is 30.7 Å². The number of amides is 3. The molecule has 2 saturated heterocycles. The van der Waals surface area contributed by atoms with Gasteiger partial charge in [-0.2, -0.15) is 0 Å². The van der Waals surface area contributed by atoms with Crippen LogP contribution in [0.1, 0.15) is 0 Å². The molecule has 1 aromatic carbocycles. The molecule has 184 valence electrons. The van der Waals surface area contributed by atoms with Crippen molar-refractivity contribution in [2.45, 2.75) is 12.6 Å². The maximum Gasteiger partial charge on any atom is 0.414 e. The number of hydrogen-bond donors (Lipinski definition) is 2. The van der Waals surface area contributed by atoms with Crippen LogP contribution in [0.25, 0.3) is 0 Å². The lowest BCUT2D eigenvalue weighted by atomic mass is 10.2. The molecule has 0 spiro atoms. The van der Waals surface area contributed by atoms with Gasteiger partial charge in [0.2, 0.25) is 0 Å². The number of hydrazine groups is 1. The molecule has 2 fully saturated rings. The quantitative estimate of drug-likeness (QED) is 0.546. The van der Waals surface area contributed by atoms with Crippen LogP contribution in [0.15, 0.2) is 41.4 Å². The maximum absolute atomic E-state index is 15.1. The molecule has 15 heteroatoms. The van der Waals surface area contributed by atoms with E-state index in [1.807, 2.05) is 0 Å². The summed E-state index contributed by atoms with van der Waals surface area (Å²) >= 11 is 0. The van der Waals surface area contributed by atoms with E-state index >= 15 is 8.78 Å². The van der Waals surface area contributed by atoms with E-state index in [9.17, 15) is 9.59 Å². The molecule has 0 saturated carbocycles. The second kappa shape index (κ2) is 9.54. The normalized spacial score (nSPS) is 18.5. The molecule has 13 nitrogen and oxygen atoms in total. The molecule has 0 radical (unpaired) electrons. The Hall–Kier alpha value is -4.27. The number of halogens is 2. The molecule has 35 heavy (non-hydrogen) atoms. The molecule has 1 atom stereocenters. The zero-order valence-electron chi connectivity index (χ0n) is 18.3. The van der Waals surface area contributed by atoms with Crippen LogP contribution in [0.2, 0.25) is 0 Å². The second-order valence-corrected chi connectivity index (χ2v) is 7.86. The molecule has 0 unspecified atom stereocenters. The smallest absolute Gasteiger partial charge is 0.414 e. The molecule has 2 N–H and O–H groups in total. The summed E-state index contributed by atoms with van der Waals surface area (Å²) in [6.45, 7) is 1.19. The van der Waals surface area contributed by atoms with Gasteiger partial charge < -0.3 is 14.2 Å². The van der Waals surface area contributed by atoms with Crippen LogP contribution < -0.4 is 20.5 Å². The monoisotopic (exact) mass is 489 g/mol. The average molecular weight is 489 g/mol. The summed E-state index contributed by atoms with van der Waals surface area (Å²) in [4.78, 5) is 27.4. The Morgan fingerprint density at radius 3 is 2.77 bits per heavy atom. The Labute approximate surface area is 197 Å². The summed E-state index contributed by atoms with van der Waals surface area (Å²) in [5, 5.41) is 15.0. The highest BCUT2D eigenvalue weighted by molar-refractivity contribution is 5.90. The van der Waals surface area contributed by atoms with E-state index in [-0.39, 0.29) is 56.5 Å². The number of anilines is 3. The number of benzene rings is 1. The van der Waals surface area contributed by atoms with Crippen LogP contribution in [-0.4, -0.2) is 76.1 Å². The number of nitrogens with one attached hydrogen (secondary N) is 2. The maximum atomic E-state index is 15.1. The Balaban J connectivity index is 1.25. The average Bonchev–Trinajstić information content (AvgIpc) is 3.55. The minimum atomic E-state index is -0.826. The van der Waals surface area contributed by atoms with Crippen molar-refractivity contribution in [3.63, 3.8) is 0 Å². The topological polar surface area (TPSA) is 134 Å². The van der Waals surface area contributed by atoms with Crippen molar-refractivity contribution in [3.8, 4) is 0 Å². The van der Waals surface area contributed by atoms with Gasteiger partial charge in [-0.3, -0.25) is 15.2 Å². The minimum absolute atomic E-state index is 0.0522. The summed E-state index contributed by atoms with van der Waals surface area (Å²) < 4.78 is 41.7. The lowest BCUT2D eigenvalue weighted by molar-refractivity contribution is 0.129. The number of hydrogen-bond acceptors (Lipinski definition) is 9. The molecule has 3 amide bonds. The summed E-state index contributed by atoms with van der Waals surface area (Å²) in [6, 6.07) is 3.21. The van der Waals surface area contributed by atoms with Gasteiger partial charge in [-0.15, -0.1) is 5.10 Å². The van der Waals surface area contributed by atoms with Gasteiger partial charge in [-0.05, 0) is 0 Å². The number of rotatable bonds is 5. The molecular weight excluding hydrogens is 468 g/mol. The van der Waals surface area contributed by atoms with E-state index in [4.69, 9.17) is 4.74 Å². The Morgan fingerprint density at radius 2 is 2.06 bits per heavy atom. The number of cyclic esters (lactones) is 1. The van der Waals surface area contributed by atoms with Crippen molar-refractivity contribution in [1.82, 2.24) is 30.6 Å². The Bertz CT molecular complexity index is 1170. The first-order valence-electron chi connectivity index (χ1n) is 10.8. The van der Waals surface area contributed by atoms with Crippen LogP contribution in [0.5, 0.6) is 0 Å². The van der Waals surface area contributed by atoms with Gasteiger partial charge in [0.25, 0.3) is 0 Å². The summed E-state index contributed by atoms with van der Waals surface area (Å²) in [6.07, 6.45) is 3.20. The molecule has 2 aliphatic heterocycles. The van der Waals surface area contributed by atoms with Crippen LogP contribution in [-0.2, 0) is 11.3 Å². The number of carbonyl (C=O) groups is 2. The predicted octanol–water partition coefficient (Wildman–Crippen LogP) is 1.43. The molecule has 2 aromatic heterocycles. The van der Waals surface area contributed by atoms with Crippen molar-refractivity contribution in [3.05, 3.63) is 48.5 Å². The van der Waals surface area contributed by atoms with E-state index in [1.165, 1.54) is 38.0 Å². The van der Waals surface area contributed by atoms with Gasteiger partial charge in [0.05, 0.1) is 31.5 Å². The molecule has 0 bridgehead atoms. The van der Waals surface area contributed by atoms with Gasteiger partial charge in [0.1, 0.15) is 18.1 Å². The lowest BCUT2D eigenvalue weighted by Gasteiger charge is -2.25. The first kappa shape index (κ1) is 22.5. The SMILES string of the molecule is O=C(Nc1ccon1)N1CCN(c2c(F)cc(N3C[C@H](Cn4ccnn4)OC3=O)cc2F)CCN1. The van der Waals surface area contributed by atoms with Gasteiger partial charge >= 0.3 is 12.1 Å². The minimum Gasteiger partial charge on any atom is -0.442 e. The highest BCUT2D eigenvalue weighted by Gasteiger charge is 2.34. The zero-order valence-corrected chi connectivity index (χ0v) is 18.3. The lowest BCUT2D eigenvalue weighted by Crippen LogP contribution is -2.46. The first-order valence-corrected chi connectivity index (χ1v) is 10.8. The van der Waals surface area contributed by atoms with E-state index in [0.29, 0.717) is 0 Å². The molecule has 5 rings (SSSR count). The fraction of sp³-hybridized carbons (Fsp3) is 0.350. The first-order chi connectivity index (χ1) is 17.0. The van der Waals surface area contributed by atoms with Crippen molar-refractivity contribution in [2.24, 2.45) is 0 Å². The standard InChI is InChI=1S/C20H21F2N9O4/c21-15-9-13(30-12-14(35-20(30)33)11-29-5-2-23-27-29)10-16(22)18(15)28-4-3-24-31(7-6-28)19(32)25-17-1-8-34-26-17/h1-2,5,8-10,14,24H,3-4,6-7,11-12H2,(H,25,26,32)/t14-/m0/s1. The van der Waals surface area contributed by atoms with E-state index in [0.717, 1.165) is 12.1 Å². The molecule has 3 aromatic rings. The number of nitrogens with zero attached hydrogens (tertiary/aromatic N) is 7. The third-order valence-corrected chi connectivity index (χ3v) is 5.56. The van der Waals surface area contributed by atoms with Gasteiger partial charge in [-0.25, -0.2) is 28.5 Å². The highest BCUT2D eigenvalue weighted by atomic mass is 19.1. The van der Waals surface area contributed by atoms with E-state index in [1.54, 1.807) is 6.20 Å². The fourth-order valence-electron chi connectivity index (χ4n) is 3.96. The van der Waals surface area contributed by atoms with Crippen LogP contribution in [0, 0.1) is 11.6 Å². The third-order valence-electron chi connectivity index (χ3n) is 5.56. The zero-order chi connectivity index (χ0) is 24.4. The van der Waals surface area contributed by atoms with Crippen LogP contribution in [0.3, 0.4) is 0 Å². The summed E-state index contributed by atoms with van der Waals surface area (Å²) in [5.41, 5.74) is 2.73. The van der Waals surface area contributed by atoms with Gasteiger partial charge in [-0.1, -0.05) is 10.4 Å². The second-order valence-electron chi connectivity index (χ2n) is 7.86. The summed E-state index contributed by atoms with van der Waals surface area (Å²) in [7, 11) is 0. The predicted molar refractivity (Wildman–Crippen MR) is 116 cm³/mol. The van der Waals surface area contributed by atoms with Crippen molar-refractivity contribution >= 4 is 29.3 Å². The highest BCUT2D eigenvalue weighted by Crippen LogP contribution is 2.31. The number of ether oxygens (including phenoxy) is 1. The van der Waals surface area contributed by atoms with Gasteiger partial charge in [0, 0.05) is 44.0 Å². The largest absolute Gasteiger partial charge is 0.442 e. The molecular formula is C20H21F2N9O4. The van der Waals surface area contributed by atoms with Crippen molar-refractivity contribution in [1.29, 1.82) is 0 Å². The van der Waals surface area contributed by atoms with Crippen LogP contribution >= 0.6 is 0 Å². The summed E-state index contributed by atoms with van der Waals surface area (Å²) in [5.74, 6) is -1.41. The third kappa shape index (κ3) is 4.84. The molecule has 0 aliphatic carbocycles.